The van der Waals surface area contributed by atoms with Crippen LogP contribution in [0.5, 0.6) is 0 Å². The highest BCUT2D eigenvalue weighted by atomic mass is 14.9. The Bertz CT molecular complexity index is 389. The minimum Gasteiger partial charge on any atom is -0.314 e. The van der Waals surface area contributed by atoms with Gasteiger partial charge in [0.25, 0.3) is 0 Å². The van der Waals surface area contributed by atoms with Crippen molar-refractivity contribution in [1.29, 1.82) is 0 Å². The Balaban J connectivity index is 2.92. The van der Waals surface area contributed by atoms with Gasteiger partial charge in [0.15, 0.2) is 0 Å². The van der Waals surface area contributed by atoms with Crippen molar-refractivity contribution >= 4 is 0 Å². The van der Waals surface area contributed by atoms with Crippen molar-refractivity contribution in [3.05, 3.63) is 34.4 Å². The van der Waals surface area contributed by atoms with Crippen LogP contribution in [-0.4, -0.2) is 12.6 Å². The number of hydrogen-bond acceptors (Lipinski definition) is 1. The summed E-state index contributed by atoms with van der Waals surface area (Å²) >= 11 is 0. The lowest BCUT2D eigenvalue weighted by Crippen LogP contribution is -2.29. The summed E-state index contributed by atoms with van der Waals surface area (Å²) in [7, 11) is 0. The van der Waals surface area contributed by atoms with Crippen molar-refractivity contribution in [3.8, 4) is 0 Å². The van der Waals surface area contributed by atoms with Gasteiger partial charge in [-0.15, -0.1) is 0 Å². The second-order valence-corrected chi connectivity index (χ2v) is 6.90. The zero-order valence-electron chi connectivity index (χ0n) is 13.9. The van der Waals surface area contributed by atoms with Crippen molar-refractivity contribution in [2.45, 2.75) is 72.8 Å². The van der Waals surface area contributed by atoms with Crippen LogP contribution in [-0.2, 0) is 11.8 Å². The largest absolute Gasteiger partial charge is 0.314 e. The molecule has 1 heteroatoms. The molecule has 0 aliphatic carbocycles. The zero-order valence-corrected chi connectivity index (χ0v) is 13.9. The molecule has 0 saturated carbocycles. The van der Waals surface area contributed by atoms with Crippen molar-refractivity contribution in [2.24, 2.45) is 0 Å². The van der Waals surface area contributed by atoms with Crippen LogP contribution >= 0.6 is 0 Å². The maximum absolute atomic E-state index is 3.58. The quantitative estimate of drug-likeness (QED) is 0.821. The minimum absolute atomic E-state index is 0.236. The molecule has 0 heterocycles. The predicted octanol–water partition coefficient (Wildman–Crippen LogP) is 4.53. The predicted molar refractivity (Wildman–Crippen MR) is 86.1 cm³/mol. The molecule has 0 aromatic heterocycles. The molecular formula is C18H31N. The zero-order chi connectivity index (χ0) is 14.6. The Morgan fingerprint density at radius 2 is 1.63 bits per heavy atom. The Labute approximate surface area is 119 Å². The summed E-state index contributed by atoms with van der Waals surface area (Å²) in [5, 5.41) is 3.58. The van der Waals surface area contributed by atoms with Crippen molar-refractivity contribution in [3.63, 3.8) is 0 Å². The monoisotopic (exact) mass is 261 g/mol. The number of rotatable bonds is 5. The molecule has 0 aliphatic rings. The maximum atomic E-state index is 3.58. The maximum Gasteiger partial charge on any atom is 0.00793 e. The van der Waals surface area contributed by atoms with E-state index in [1.54, 1.807) is 0 Å². The second kappa shape index (κ2) is 6.56. The lowest BCUT2D eigenvalue weighted by molar-refractivity contribution is 0.540. The third kappa shape index (κ3) is 4.65. The van der Waals surface area contributed by atoms with Gasteiger partial charge in [-0.25, -0.2) is 0 Å². The van der Waals surface area contributed by atoms with Gasteiger partial charge in [-0.1, -0.05) is 39.8 Å². The van der Waals surface area contributed by atoms with E-state index in [1.807, 2.05) is 0 Å². The van der Waals surface area contributed by atoms with E-state index in [0.717, 1.165) is 13.0 Å². The lowest BCUT2D eigenvalue weighted by Gasteiger charge is -2.23. The summed E-state index contributed by atoms with van der Waals surface area (Å²) in [6.45, 7) is 17.0. The van der Waals surface area contributed by atoms with Crippen molar-refractivity contribution < 1.29 is 0 Å². The highest BCUT2D eigenvalue weighted by Crippen LogP contribution is 2.27. The van der Waals surface area contributed by atoms with Gasteiger partial charge in [0.05, 0.1) is 0 Å². The Morgan fingerprint density at radius 1 is 1.11 bits per heavy atom. The van der Waals surface area contributed by atoms with E-state index in [0.29, 0.717) is 6.04 Å². The Hall–Kier alpha value is -0.820. The van der Waals surface area contributed by atoms with Crippen LogP contribution < -0.4 is 5.32 Å². The van der Waals surface area contributed by atoms with Gasteiger partial charge in [-0.3, -0.25) is 0 Å². The summed E-state index contributed by atoms with van der Waals surface area (Å²) in [5.74, 6) is 0. The van der Waals surface area contributed by atoms with Gasteiger partial charge in [0.2, 0.25) is 0 Å². The summed E-state index contributed by atoms with van der Waals surface area (Å²) in [5.41, 5.74) is 6.08. The first-order valence-electron chi connectivity index (χ1n) is 7.59. The summed E-state index contributed by atoms with van der Waals surface area (Å²) < 4.78 is 0. The Morgan fingerprint density at radius 3 is 2.05 bits per heavy atom. The van der Waals surface area contributed by atoms with E-state index >= 15 is 0 Å². The van der Waals surface area contributed by atoms with E-state index < -0.39 is 0 Å². The molecule has 0 aliphatic heterocycles. The lowest BCUT2D eigenvalue weighted by atomic mass is 9.83. The van der Waals surface area contributed by atoms with Crippen LogP contribution in [0.3, 0.4) is 0 Å². The molecule has 0 saturated heterocycles. The molecule has 1 nitrogen and oxygen atoms in total. The van der Waals surface area contributed by atoms with Crippen LogP contribution in [0.4, 0.5) is 0 Å². The average Bonchev–Trinajstić information content (AvgIpc) is 2.29. The van der Waals surface area contributed by atoms with Gasteiger partial charge >= 0.3 is 0 Å². The molecule has 1 rings (SSSR count). The van der Waals surface area contributed by atoms with Gasteiger partial charge in [-0.2, -0.15) is 0 Å². The molecule has 0 bridgehead atoms. The molecule has 1 unspecified atom stereocenters. The highest BCUT2D eigenvalue weighted by Gasteiger charge is 2.17. The first-order valence-corrected chi connectivity index (χ1v) is 7.59. The number of aryl methyl sites for hydroxylation is 2. The molecular weight excluding hydrogens is 230 g/mol. The van der Waals surface area contributed by atoms with Crippen LogP contribution in [0, 0.1) is 13.8 Å². The molecule has 0 spiro atoms. The van der Waals surface area contributed by atoms with E-state index in [4.69, 9.17) is 0 Å². The van der Waals surface area contributed by atoms with Crippen molar-refractivity contribution in [2.75, 3.05) is 6.54 Å². The van der Waals surface area contributed by atoms with E-state index in [1.165, 1.54) is 28.7 Å². The SMILES string of the molecule is CCCNC(C)Cc1c(C)cc(C(C)(C)C)cc1C. The first kappa shape index (κ1) is 16.2. The van der Waals surface area contributed by atoms with Crippen LogP contribution in [0.2, 0.25) is 0 Å². The fourth-order valence-electron chi connectivity index (χ4n) is 2.52. The van der Waals surface area contributed by atoms with E-state index in [9.17, 15) is 0 Å². The molecule has 0 fully saturated rings. The van der Waals surface area contributed by atoms with Gasteiger partial charge in [0.1, 0.15) is 0 Å². The number of nitrogens with one attached hydrogen (secondary N) is 1. The topological polar surface area (TPSA) is 12.0 Å². The Kier molecular flexibility index (Phi) is 5.61. The molecule has 0 radical (unpaired) electrons. The van der Waals surface area contributed by atoms with Crippen molar-refractivity contribution in [1.82, 2.24) is 5.32 Å². The fourth-order valence-corrected chi connectivity index (χ4v) is 2.52. The first-order chi connectivity index (χ1) is 8.75. The van der Waals surface area contributed by atoms with E-state index in [-0.39, 0.29) is 5.41 Å². The van der Waals surface area contributed by atoms with E-state index in [2.05, 4.69) is 65.9 Å². The summed E-state index contributed by atoms with van der Waals surface area (Å²) in [4.78, 5) is 0. The third-order valence-electron chi connectivity index (χ3n) is 3.82. The van der Waals surface area contributed by atoms with Crippen LogP contribution in [0.1, 0.15) is 63.3 Å². The molecule has 1 N–H and O–H groups in total. The normalized spacial score (nSPS) is 13.6. The highest BCUT2D eigenvalue weighted by molar-refractivity contribution is 5.40. The summed E-state index contributed by atoms with van der Waals surface area (Å²) in [6, 6.07) is 5.29. The van der Waals surface area contributed by atoms with Crippen LogP contribution in [0.25, 0.3) is 0 Å². The fraction of sp³-hybridized carbons (Fsp3) is 0.667. The molecule has 0 amide bonds. The van der Waals surface area contributed by atoms with Gasteiger partial charge < -0.3 is 5.32 Å². The molecule has 1 aromatic carbocycles. The summed E-state index contributed by atoms with van der Waals surface area (Å²) in [6.07, 6.45) is 2.33. The van der Waals surface area contributed by atoms with Gasteiger partial charge in [0, 0.05) is 6.04 Å². The molecule has 108 valence electrons. The number of benzene rings is 1. The average molecular weight is 261 g/mol. The van der Waals surface area contributed by atoms with Crippen LogP contribution in [0.15, 0.2) is 12.1 Å². The molecule has 19 heavy (non-hydrogen) atoms. The molecule has 1 atom stereocenters. The molecule has 1 aromatic rings. The smallest absolute Gasteiger partial charge is 0.00793 e. The second-order valence-electron chi connectivity index (χ2n) is 6.90. The minimum atomic E-state index is 0.236. The third-order valence-corrected chi connectivity index (χ3v) is 3.82. The standard InChI is InChI=1S/C18H31N/c1-8-9-19-15(4)12-17-13(2)10-16(11-14(17)3)18(5,6)7/h10-11,15,19H,8-9,12H2,1-7H3. The number of hydrogen-bond donors (Lipinski definition) is 1. The van der Waals surface area contributed by atoms with Gasteiger partial charge in [-0.05, 0) is 67.8 Å².